The Kier molecular flexibility index (Phi) is 4.23. The van der Waals surface area contributed by atoms with Gasteiger partial charge in [0.05, 0.1) is 6.42 Å². The maximum absolute atomic E-state index is 9.34. The van der Waals surface area contributed by atoms with E-state index in [-0.39, 0.29) is 36.9 Å². The first kappa shape index (κ1) is 12.4. The lowest BCUT2D eigenvalue weighted by molar-refractivity contribution is -0.698. The summed E-state index contributed by atoms with van der Waals surface area (Å²) in [7, 11) is 0. The number of hydrogen-bond acceptors (Lipinski definition) is 2. The summed E-state index contributed by atoms with van der Waals surface area (Å²) in [6.45, 7) is 0. The topological polar surface area (TPSA) is 84.7 Å². The van der Waals surface area contributed by atoms with Crippen molar-refractivity contribution in [3.05, 3.63) is 0 Å². The summed E-state index contributed by atoms with van der Waals surface area (Å²) in [6, 6.07) is 0.686. The summed E-state index contributed by atoms with van der Waals surface area (Å²) in [5, 5.41) is 20.7. The molecular weight excluding hydrogens is 203 g/mol. The molecule has 2 bridgehead atoms. The number of aliphatic hydroxyl groups excluding tert-OH is 2. The molecule has 2 aliphatic heterocycles. The van der Waals surface area contributed by atoms with Gasteiger partial charge in [0.25, 0.3) is 0 Å². The largest absolute Gasteiger partial charge is 1.00 e. The van der Waals surface area contributed by atoms with Crippen molar-refractivity contribution in [3.63, 3.8) is 0 Å². The average molecular weight is 217 g/mol. The lowest BCUT2D eigenvalue weighted by atomic mass is 9.91. The van der Waals surface area contributed by atoms with Crippen LogP contribution in [0.15, 0.2) is 0 Å². The van der Waals surface area contributed by atoms with E-state index in [1.165, 1.54) is 0 Å². The highest BCUT2D eigenvalue weighted by molar-refractivity contribution is 4.97. The Morgan fingerprint density at radius 2 is 1.75 bits per heavy atom. The van der Waals surface area contributed by atoms with E-state index in [1.807, 2.05) is 5.32 Å². The van der Waals surface area contributed by atoms with Crippen LogP contribution in [0.25, 0.3) is 0 Å². The number of nitrogens with two attached hydrogens (primary N) is 1. The van der Waals surface area contributed by atoms with Crippen LogP contribution in [0.2, 0.25) is 0 Å². The van der Waals surface area contributed by atoms with Crippen LogP contribution in [-0.4, -0.2) is 40.5 Å². The van der Waals surface area contributed by atoms with Crippen LogP contribution in [0.5, 0.6) is 0 Å². The van der Waals surface area contributed by atoms with Crippen molar-refractivity contribution < 1.29 is 46.1 Å². The Morgan fingerprint density at radius 3 is 2.08 bits per heavy atom. The van der Waals surface area contributed by atoms with E-state index < -0.39 is 12.2 Å². The van der Waals surface area contributed by atoms with E-state index in [2.05, 4.69) is 5.73 Å². The van der Waals surface area contributed by atoms with Crippen molar-refractivity contribution in [3.8, 4) is 0 Å². The van der Waals surface area contributed by atoms with E-state index >= 15 is 0 Å². The first-order valence-electron chi connectivity index (χ1n) is 3.74. The number of halogens is 2. The number of aliphatic hydroxyl groups is 2. The Balaban J connectivity index is 0.000000605. The Morgan fingerprint density at radius 1 is 1.17 bits per heavy atom. The van der Waals surface area contributed by atoms with Crippen molar-refractivity contribution in [2.75, 3.05) is 0 Å². The predicted molar refractivity (Wildman–Crippen MR) is 32.8 cm³/mol. The summed E-state index contributed by atoms with van der Waals surface area (Å²) in [5.74, 6) is 0. The maximum atomic E-state index is 9.34. The molecule has 74 valence electrons. The Hall–Kier alpha value is 0.420. The molecule has 0 amide bonds. The second-order valence-electron chi connectivity index (χ2n) is 3.41. The van der Waals surface area contributed by atoms with Crippen LogP contribution in [0.1, 0.15) is 6.42 Å². The zero-order valence-corrected chi connectivity index (χ0v) is 8.04. The SMILES string of the molecule is [Cl-].[Cl-].[NH3+][C@H]1C[C@H]2[NH2+][C@@H]1[C@H](O)[C@@H]2O. The molecule has 2 rings (SSSR count). The molecule has 4 nitrogen and oxygen atoms in total. The molecule has 0 radical (unpaired) electrons. The third kappa shape index (κ3) is 1.55. The molecule has 0 aromatic carbocycles. The molecule has 7 N–H and O–H groups in total. The lowest BCUT2D eigenvalue weighted by Gasteiger charge is -2.18. The molecule has 12 heavy (non-hydrogen) atoms. The van der Waals surface area contributed by atoms with Crippen molar-refractivity contribution in [2.24, 2.45) is 0 Å². The number of quaternary nitrogens is 2. The molecular formula is C6H14Cl2N2O2. The van der Waals surface area contributed by atoms with Crippen LogP contribution in [0.4, 0.5) is 0 Å². The van der Waals surface area contributed by atoms with Gasteiger partial charge < -0.3 is 46.1 Å². The van der Waals surface area contributed by atoms with Gasteiger partial charge in [-0.15, -0.1) is 0 Å². The van der Waals surface area contributed by atoms with Gasteiger partial charge in [-0.3, -0.25) is 0 Å². The van der Waals surface area contributed by atoms with Gasteiger partial charge in [-0.1, -0.05) is 0 Å². The second kappa shape index (κ2) is 4.09. The van der Waals surface area contributed by atoms with Gasteiger partial charge in [0, 0.05) is 0 Å². The van der Waals surface area contributed by atoms with Gasteiger partial charge in [-0.05, 0) is 0 Å². The van der Waals surface area contributed by atoms with E-state index in [9.17, 15) is 10.2 Å². The van der Waals surface area contributed by atoms with Crippen molar-refractivity contribution in [1.29, 1.82) is 0 Å². The van der Waals surface area contributed by atoms with Crippen LogP contribution in [0, 0.1) is 0 Å². The summed E-state index contributed by atoms with van der Waals surface area (Å²) >= 11 is 0. The van der Waals surface area contributed by atoms with E-state index in [1.54, 1.807) is 0 Å². The molecule has 0 aliphatic carbocycles. The van der Waals surface area contributed by atoms with Crippen LogP contribution in [-0.2, 0) is 0 Å². The fourth-order valence-electron chi connectivity index (χ4n) is 2.15. The lowest BCUT2D eigenvalue weighted by Crippen LogP contribution is -3.00. The van der Waals surface area contributed by atoms with Gasteiger partial charge in [0.1, 0.15) is 24.3 Å². The smallest absolute Gasteiger partial charge is 0.168 e. The van der Waals surface area contributed by atoms with Gasteiger partial charge in [0.2, 0.25) is 0 Å². The van der Waals surface area contributed by atoms with Crippen molar-refractivity contribution in [1.82, 2.24) is 0 Å². The minimum atomic E-state index is -0.541. The van der Waals surface area contributed by atoms with E-state index in [4.69, 9.17) is 0 Å². The van der Waals surface area contributed by atoms with Crippen LogP contribution < -0.4 is 35.9 Å². The fraction of sp³-hybridized carbons (Fsp3) is 1.00. The summed E-state index contributed by atoms with van der Waals surface area (Å²) < 4.78 is 0. The molecule has 0 aromatic rings. The Labute approximate surface area is 83.3 Å². The molecule has 2 fully saturated rings. The fourth-order valence-corrected chi connectivity index (χ4v) is 2.15. The monoisotopic (exact) mass is 216 g/mol. The summed E-state index contributed by atoms with van der Waals surface area (Å²) in [4.78, 5) is 0. The van der Waals surface area contributed by atoms with Crippen LogP contribution >= 0.6 is 0 Å². The summed E-state index contributed by atoms with van der Waals surface area (Å²) in [5.41, 5.74) is 3.90. The molecule has 0 saturated carbocycles. The number of hydrogen-bond donors (Lipinski definition) is 4. The first-order valence-corrected chi connectivity index (χ1v) is 3.74. The van der Waals surface area contributed by atoms with Crippen molar-refractivity contribution >= 4 is 0 Å². The molecule has 0 unspecified atom stereocenters. The van der Waals surface area contributed by atoms with Crippen LogP contribution in [0.3, 0.4) is 0 Å². The third-order valence-corrected chi connectivity index (χ3v) is 2.77. The zero-order valence-electron chi connectivity index (χ0n) is 6.53. The highest BCUT2D eigenvalue weighted by atomic mass is 35.5. The van der Waals surface area contributed by atoms with Gasteiger partial charge >= 0.3 is 0 Å². The quantitative estimate of drug-likeness (QED) is 0.325. The highest BCUT2D eigenvalue weighted by Gasteiger charge is 2.56. The maximum Gasteiger partial charge on any atom is 0.168 e. The minimum absolute atomic E-state index is 0. The Bertz CT molecular complexity index is 158. The first-order chi connectivity index (χ1) is 4.70. The third-order valence-electron chi connectivity index (χ3n) is 2.77. The van der Waals surface area contributed by atoms with E-state index in [0.29, 0.717) is 6.04 Å². The molecule has 2 saturated heterocycles. The molecule has 0 aromatic heterocycles. The highest BCUT2D eigenvalue weighted by Crippen LogP contribution is 2.20. The molecule has 5 atom stereocenters. The zero-order chi connectivity index (χ0) is 7.30. The molecule has 2 aliphatic rings. The number of fused-ring (bicyclic) bond motifs is 2. The standard InChI is InChI=1S/C6H12N2O2.2ClH/c7-2-1-3-5(9)6(10)4(2)8-3;;/h2-6,8-10H,1,7H2;2*1H/t2-,3+,4-,5+,6-;;/m0../s1. The second-order valence-corrected chi connectivity index (χ2v) is 3.41. The van der Waals surface area contributed by atoms with Gasteiger partial charge in [0.15, 0.2) is 6.04 Å². The normalized spacial score (nSPS) is 49.8. The summed E-state index contributed by atoms with van der Waals surface area (Å²) in [6.07, 6.45) is -0.104. The average Bonchev–Trinajstić information content (AvgIpc) is 2.36. The minimum Gasteiger partial charge on any atom is -1.00 e. The number of rotatable bonds is 0. The van der Waals surface area contributed by atoms with E-state index in [0.717, 1.165) is 6.42 Å². The predicted octanol–water partition coefficient (Wildman–Crippen LogP) is -9.96. The molecule has 0 spiro atoms. The molecule has 2 heterocycles. The molecule has 6 heteroatoms. The van der Waals surface area contributed by atoms with Crippen molar-refractivity contribution in [2.45, 2.75) is 36.8 Å². The van der Waals surface area contributed by atoms with Gasteiger partial charge in [-0.2, -0.15) is 0 Å². The van der Waals surface area contributed by atoms with Gasteiger partial charge in [-0.25, -0.2) is 0 Å².